The molecule has 1 unspecified atom stereocenters. The summed E-state index contributed by atoms with van der Waals surface area (Å²) in [4.78, 5) is 10.4. The summed E-state index contributed by atoms with van der Waals surface area (Å²) in [5.41, 5.74) is -0.684. The smallest absolute Gasteiger partial charge is 0.320 e. The highest BCUT2D eigenvalue weighted by atomic mass is 32.2. The Bertz CT molecular complexity index is 513. The number of nitrogens with one attached hydrogen (secondary N) is 1. The molecule has 7 heteroatoms. The van der Waals surface area contributed by atoms with E-state index in [0.29, 0.717) is 5.56 Å². The van der Waals surface area contributed by atoms with Gasteiger partial charge in [0.25, 0.3) is 0 Å². The fourth-order valence-corrected chi connectivity index (χ4v) is 2.80. The number of benzene rings is 1. The summed E-state index contributed by atoms with van der Waals surface area (Å²) in [5, 5.41) is 17.9. The zero-order valence-electron chi connectivity index (χ0n) is 9.83. The first-order chi connectivity index (χ1) is 8.29. The Morgan fingerprint density at radius 1 is 1.33 bits per heavy atom. The molecule has 0 fully saturated rings. The quantitative estimate of drug-likeness (QED) is 0.671. The predicted molar refractivity (Wildman–Crippen MR) is 65.4 cm³/mol. The molecule has 3 N–H and O–H groups in total. The topological polar surface area (TPSA) is 104 Å². The van der Waals surface area contributed by atoms with E-state index in [-0.39, 0.29) is 0 Å². The Balaban J connectivity index is 3.01. The van der Waals surface area contributed by atoms with Crippen molar-refractivity contribution in [3.05, 3.63) is 35.9 Å². The van der Waals surface area contributed by atoms with Crippen LogP contribution in [0, 0.1) is 0 Å². The summed E-state index contributed by atoms with van der Waals surface area (Å²) in [6, 6.07) is 8.47. The lowest BCUT2D eigenvalue weighted by Gasteiger charge is -2.28. The van der Waals surface area contributed by atoms with E-state index in [0.717, 1.165) is 0 Å². The van der Waals surface area contributed by atoms with Gasteiger partial charge < -0.3 is 10.2 Å². The molecule has 18 heavy (non-hydrogen) atoms. The van der Waals surface area contributed by atoms with E-state index in [1.165, 1.54) is 6.92 Å². The van der Waals surface area contributed by atoms with Crippen molar-refractivity contribution in [2.45, 2.75) is 12.5 Å². The second-order valence-corrected chi connectivity index (χ2v) is 5.83. The lowest BCUT2D eigenvalue weighted by atomic mass is 9.94. The number of carboxylic acids is 1. The first kappa shape index (κ1) is 14.6. The van der Waals surface area contributed by atoms with E-state index >= 15 is 0 Å². The van der Waals surface area contributed by atoms with Gasteiger partial charge >= 0.3 is 5.97 Å². The molecule has 0 radical (unpaired) electrons. The second kappa shape index (κ2) is 5.47. The third-order valence-corrected chi connectivity index (χ3v) is 3.81. The molecule has 0 bridgehead atoms. The van der Waals surface area contributed by atoms with Gasteiger partial charge in [-0.25, -0.2) is 13.1 Å². The molecule has 1 aromatic rings. The van der Waals surface area contributed by atoms with Crippen LogP contribution in [0.2, 0.25) is 0 Å². The molecule has 6 nitrogen and oxygen atoms in total. The molecule has 0 aromatic heterocycles. The first-order valence-electron chi connectivity index (χ1n) is 5.19. The molecular formula is C11H15NO5S. The molecule has 0 amide bonds. The lowest BCUT2D eigenvalue weighted by Crippen LogP contribution is -2.47. The fraction of sp³-hybridized carbons (Fsp3) is 0.364. The van der Waals surface area contributed by atoms with E-state index < -0.39 is 33.9 Å². The summed E-state index contributed by atoms with van der Waals surface area (Å²) >= 11 is 0. The van der Waals surface area contributed by atoms with Crippen LogP contribution in [0.3, 0.4) is 0 Å². The van der Waals surface area contributed by atoms with E-state index in [1.807, 2.05) is 0 Å². The van der Waals surface area contributed by atoms with Crippen LogP contribution in [0.4, 0.5) is 0 Å². The van der Waals surface area contributed by atoms with Gasteiger partial charge in [-0.05, 0) is 12.5 Å². The number of aliphatic hydroxyl groups is 1. The highest BCUT2D eigenvalue weighted by Gasteiger charge is 2.31. The minimum absolute atomic E-state index is 0.476. The van der Waals surface area contributed by atoms with Crippen LogP contribution in [-0.4, -0.2) is 37.0 Å². The Kier molecular flexibility index (Phi) is 4.44. The predicted octanol–water partition coefficient (Wildman–Crippen LogP) is -0.102. The van der Waals surface area contributed by atoms with Crippen molar-refractivity contribution in [2.75, 3.05) is 12.4 Å². The van der Waals surface area contributed by atoms with Crippen LogP contribution in [0.1, 0.15) is 12.5 Å². The van der Waals surface area contributed by atoms with Gasteiger partial charge in [-0.3, -0.25) is 4.79 Å². The van der Waals surface area contributed by atoms with Crippen LogP contribution in [0.5, 0.6) is 0 Å². The Morgan fingerprint density at radius 2 is 1.89 bits per heavy atom. The third kappa shape index (κ3) is 3.80. The summed E-state index contributed by atoms with van der Waals surface area (Å²) in [5.74, 6) is -2.48. The van der Waals surface area contributed by atoms with E-state index in [9.17, 15) is 18.3 Å². The molecule has 0 saturated carbocycles. The number of hydrogen-bond acceptors (Lipinski definition) is 4. The first-order valence-corrected chi connectivity index (χ1v) is 6.84. The van der Waals surface area contributed by atoms with E-state index in [4.69, 9.17) is 5.11 Å². The number of hydrogen-bond donors (Lipinski definition) is 3. The highest BCUT2D eigenvalue weighted by molar-refractivity contribution is 7.90. The van der Waals surface area contributed by atoms with Gasteiger partial charge in [-0.15, -0.1) is 0 Å². The number of sulfonamides is 1. The number of carbonyl (C=O) groups is 1. The molecule has 1 atom stereocenters. The zero-order valence-corrected chi connectivity index (χ0v) is 10.6. The molecule has 0 aliphatic rings. The van der Waals surface area contributed by atoms with Crippen molar-refractivity contribution >= 4 is 16.0 Å². The standard InChI is InChI=1S/C11H15NO5S/c1-11(8-13,9-5-3-2-4-6-9)12-18(16,17)7-10(14)15/h2-6,12-13H,7-8H2,1H3,(H,14,15). The van der Waals surface area contributed by atoms with Crippen molar-refractivity contribution < 1.29 is 23.4 Å². The van der Waals surface area contributed by atoms with Gasteiger partial charge in [-0.2, -0.15) is 0 Å². The van der Waals surface area contributed by atoms with Crippen molar-refractivity contribution in [3.8, 4) is 0 Å². The Morgan fingerprint density at radius 3 is 2.33 bits per heavy atom. The molecule has 100 valence electrons. The minimum Gasteiger partial charge on any atom is -0.480 e. The summed E-state index contributed by atoms with van der Waals surface area (Å²) in [6.07, 6.45) is 0. The average Bonchev–Trinajstić information content (AvgIpc) is 2.27. The summed E-state index contributed by atoms with van der Waals surface area (Å²) < 4.78 is 25.4. The highest BCUT2D eigenvalue weighted by Crippen LogP contribution is 2.20. The second-order valence-electron chi connectivity index (χ2n) is 4.11. The number of aliphatic hydroxyl groups excluding tert-OH is 1. The number of carboxylic acid groups (broad SMARTS) is 1. The van der Waals surface area contributed by atoms with Crippen molar-refractivity contribution in [1.29, 1.82) is 0 Å². The van der Waals surface area contributed by atoms with Crippen LogP contribution >= 0.6 is 0 Å². The van der Waals surface area contributed by atoms with Crippen LogP contribution in [-0.2, 0) is 20.4 Å². The van der Waals surface area contributed by atoms with Gasteiger partial charge in [0.15, 0.2) is 5.75 Å². The zero-order chi connectivity index (χ0) is 13.8. The van der Waals surface area contributed by atoms with Crippen LogP contribution < -0.4 is 4.72 Å². The summed E-state index contributed by atoms with van der Waals surface area (Å²) in [7, 11) is -4.01. The third-order valence-electron chi connectivity index (χ3n) is 2.42. The molecular weight excluding hydrogens is 258 g/mol. The van der Waals surface area contributed by atoms with Crippen molar-refractivity contribution in [1.82, 2.24) is 4.72 Å². The van der Waals surface area contributed by atoms with Gasteiger partial charge in [-0.1, -0.05) is 30.3 Å². The van der Waals surface area contributed by atoms with Gasteiger partial charge in [0, 0.05) is 0 Å². The van der Waals surface area contributed by atoms with Crippen molar-refractivity contribution in [2.24, 2.45) is 0 Å². The number of aliphatic carboxylic acids is 1. The van der Waals surface area contributed by atoms with Crippen LogP contribution in [0.15, 0.2) is 30.3 Å². The molecule has 0 spiro atoms. The molecule has 0 heterocycles. The Hall–Kier alpha value is -1.44. The van der Waals surface area contributed by atoms with E-state index in [2.05, 4.69) is 4.72 Å². The molecule has 1 aromatic carbocycles. The van der Waals surface area contributed by atoms with Crippen molar-refractivity contribution in [3.63, 3.8) is 0 Å². The largest absolute Gasteiger partial charge is 0.480 e. The van der Waals surface area contributed by atoms with Gasteiger partial charge in [0.05, 0.1) is 12.1 Å². The molecule has 0 saturated heterocycles. The normalized spacial score (nSPS) is 15.0. The lowest BCUT2D eigenvalue weighted by molar-refractivity contribution is -0.134. The SMILES string of the molecule is CC(CO)(NS(=O)(=O)CC(=O)O)c1ccccc1. The molecule has 1 rings (SSSR count). The summed E-state index contributed by atoms with van der Waals surface area (Å²) in [6.45, 7) is 1.01. The van der Waals surface area contributed by atoms with E-state index in [1.54, 1.807) is 30.3 Å². The van der Waals surface area contributed by atoms with Gasteiger partial charge in [0.2, 0.25) is 10.0 Å². The maximum atomic E-state index is 11.6. The maximum absolute atomic E-state index is 11.6. The average molecular weight is 273 g/mol. The molecule has 0 aliphatic heterocycles. The number of rotatable bonds is 6. The maximum Gasteiger partial charge on any atom is 0.320 e. The minimum atomic E-state index is -4.01. The fourth-order valence-electron chi connectivity index (χ4n) is 1.53. The van der Waals surface area contributed by atoms with Crippen LogP contribution in [0.25, 0.3) is 0 Å². The molecule has 0 aliphatic carbocycles. The Labute approximate surface area is 105 Å². The monoisotopic (exact) mass is 273 g/mol. The van der Waals surface area contributed by atoms with Gasteiger partial charge in [0.1, 0.15) is 0 Å².